The summed E-state index contributed by atoms with van der Waals surface area (Å²) in [5.41, 5.74) is 3.43. The van der Waals surface area contributed by atoms with Gasteiger partial charge in [-0.1, -0.05) is 24.6 Å². The second-order valence-electron chi connectivity index (χ2n) is 9.23. The third-order valence-electron chi connectivity index (χ3n) is 7.19. The summed E-state index contributed by atoms with van der Waals surface area (Å²) in [5, 5.41) is 3.71. The predicted molar refractivity (Wildman–Crippen MR) is 129 cm³/mol. The van der Waals surface area contributed by atoms with Gasteiger partial charge in [-0.15, -0.1) is 0 Å². The molecule has 1 aromatic heterocycles. The van der Waals surface area contributed by atoms with Crippen molar-refractivity contribution in [1.82, 2.24) is 10.3 Å². The Balaban J connectivity index is 1.30. The number of aromatic nitrogens is 1. The molecule has 0 spiro atoms. The second kappa shape index (κ2) is 9.47. The Morgan fingerprint density at radius 2 is 2.00 bits per heavy atom. The minimum Gasteiger partial charge on any atom is -0.494 e. The number of pyridine rings is 1. The average molecular weight is 481 g/mol. The van der Waals surface area contributed by atoms with Crippen molar-refractivity contribution in [3.05, 3.63) is 89.5 Å². The van der Waals surface area contributed by atoms with Crippen LogP contribution < -0.4 is 10.1 Å². The van der Waals surface area contributed by atoms with E-state index in [1.54, 1.807) is 30.5 Å². The van der Waals surface area contributed by atoms with Gasteiger partial charge < -0.3 is 10.1 Å². The lowest BCUT2D eigenvalue weighted by molar-refractivity contribution is 0.164. The molecule has 3 aromatic rings. The summed E-state index contributed by atoms with van der Waals surface area (Å²) in [5.74, 6) is 0.550. The molecule has 34 heavy (non-hydrogen) atoms. The fraction of sp³-hybridized carbons (Fsp3) is 0.370. The molecular weight excluding hydrogens is 451 g/mol. The molecule has 2 aromatic carbocycles. The fourth-order valence-corrected chi connectivity index (χ4v) is 6.54. The molecular formula is C27H29FN2O3S. The molecule has 7 heteroatoms. The van der Waals surface area contributed by atoms with Crippen LogP contribution in [0.3, 0.4) is 0 Å². The Kier molecular flexibility index (Phi) is 6.40. The number of nitrogens with one attached hydrogen (secondary N) is 1. The van der Waals surface area contributed by atoms with E-state index < -0.39 is 9.84 Å². The maximum Gasteiger partial charge on any atom is 0.180 e. The third-order valence-corrected chi connectivity index (χ3v) is 8.97. The smallest absolute Gasteiger partial charge is 0.180 e. The topological polar surface area (TPSA) is 68.3 Å². The average Bonchev–Trinajstić information content (AvgIpc) is 2.82. The fourth-order valence-electron chi connectivity index (χ4n) is 5.30. The minimum atomic E-state index is -3.37. The Bertz CT molecular complexity index is 1260. The monoisotopic (exact) mass is 480 g/mol. The number of hydrogen-bond acceptors (Lipinski definition) is 5. The number of hydrogen-bond donors (Lipinski definition) is 1. The molecule has 1 N–H and O–H groups in total. The molecule has 178 valence electrons. The molecule has 2 heterocycles. The van der Waals surface area contributed by atoms with Crippen molar-refractivity contribution >= 4 is 9.84 Å². The van der Waals surface area contributed by atoms with Gasteiger partial charge >= 0.3 is 0 Å². The summed E-state index contributed by atoms with van der Waals surface area (Å²) in [4.78, 5) is 4.13. The van der Waals surface area contributed by atoms with Crippen molar-refractivity contribution in [3.8, 4) is 5.75 Å². The zero-order valence-electron chi connectivity index (χ0n) is 19.0. The van der Waals surface area contributed by atoms with Gasteiger partial charge in [0.1, 0.15) is 11.6 Å². The lowest BCUT2D eigenvalue weighted by Gasteiger charge is -2.50. The highest BCUT2D eigenvalue weighted by atomic mass is 32.2. The van der Waals surface area contributed by atoms with Crippen LogP contribution in [0.5, 0.6) is 5.75 Å². The number of ether oxygens (including phenoxy) is 1. The molecule has 1 atom stereocenters. The van der Waals surface area contributed by atoms with E-state index in [0.717, 1.165) is 43.5 Å². The number of sulfone groups is 1. The highest BCUT2D eigenvalue weighted by molar-refractivity contribution is 7.91. The number of halogens is 1. The largest absolute Gasteiger partial charge is 0.494 e. The first-order chi connectivity index (χ1) is 16.5. The van der Waals surface area contributed by atoms with Gasteiger partial charge in [0, 0.05) is 23.9 Å². The van der Waals surface area contributed by atoms with Crippen LogP contribution in [-0.2, 0) is 21.7 Å². The summed E-state index contributed by atoms with van der Waals surface area (Å²) in [7, 11) is -3.37. The lowest BCUT2D eigenvalue weighted by Crippen LogP contribution is -2.49. The van der Waals surface area contributed by atoms with Gasteiger partial charge in [-0.2, -0.15) is 0 Å². The maximum absolute atomic E-state index is 14.1. The Labute approximate surface area is 200 Å². The van der Waals surface area contributed by atoms with E-state index in [2.05, 4.69) is 22.4 Å². The van der Waals surface area contributed by atoms with Crippen molar-refractivity contribution in [2.45, 2.75) is 48.5 Å². The van der Waals surface area contributed by atoms with Crippen LogP contribution in [0.25, 0.3) is 0 Å². The van der Waals surface area contributed by atoms with Gasteiger partial charge in [0.2, 0.25) is 0 Å². The Morgan fingerprint density at radius 1 is 1.12 bits per heavy atom. The molecule has 2 aliphatic rings. The highest BCUT2D eigenvalue weighted by Gasteiger charge is 2.47. The molecule has 5 rings (SSSR count). The van der Waals surface area contributed by atoms with Crippen LogP contribution in [0.4, 0.5) is 4.39 Å². The van der Waals surface area contributed by atoms with E-state index in [1.165, 1.54) is 23.4 Å². The molecule has 1 aliphatic heterocycles. The summed E-state index contributed by atoms with van der Waals surface area (Å²) in [6.07, 6.45) is 7.43. The summed E-state index contributed by atoms with van der Waals surface area (Å²) in [6.45, 7) is 1.20. The summed E-state index contributed by atoms with van der Waals surface area (Å²) >= 11 is 0. The van der Waals surface area contributed by atoms with Gasteiger partial charge in [-0.25, -0.2) is 12.8 Å². The van der Waals surface area contributed by atoms with E-state index in [9.17, 15) is 12.8 Å². The molecule has 1 aliphatic carbocycles. The molecule has 1 unspecified atom stereocenters. The normalized spacial score (nSPS) is 19.1. The quantitative estimate of drug-likeness (QED) is 0.471. The molecule has 0 bridgehead atoms. The minimum absolute atomic E-state index is 0.0104. The molecule has 0 saturated heterocycles. The molecule has 1 saturated carbocycles. The van der Waals surface area contributed by atoms with Gasteiger partial charge in [0.25, 0.3) is 0 Å². The van der Waals surface area contributed by atoms with Crippen molar-refractivity contribution < 1.29 is 17.5 Å². The molecule has 0 amide bonds. The van der Waals surface area contributed by atoms with Crippen LogP contribution in [0.15, 0.2) is 71.9 Å². The van der Waals surface area contributed by atoms with Gasteiger partial charge in [0.05, 0.1) is 17.3 Å². The van der Waals surface area contributed by atoms with Gasteiger partial charge in [-0.05, 0) is 85.3 Å². The second-order valence-corrected chi connectivity index (χ2v) is 11.3. The number of nitrogens with zero attached hydrogens (tertiary/aromatic N) is 1. The number of benzene rings is 2. The van der Waals surface area contributed by atoms with Crippen LogP contribution in [0.2, 0.25) is 0 Å². The maximum atomic E-state index is 14.1. The first-order valence-electron chi connectivity index (χ1n) is 11.9. The zero-order valence-corrected chi connectivity index (χ0v) is 19.9. The highest BCUT2D eigenvalue weighted by Crippen LogP contribution is 2.53. The standard InChI is InChI=1S/C27H29FN2O3S/c28-22-6-1-5-21(17-22)27(11-3-12-27)26-25-18-23(9-8-20(25)10-14-30-26)33-15-4-16-34(31,32)24-7-2-13-29-19-24/h1-2,5-9,13,17-19,26,30H,3-4,10-12,14-16H2. The van der Waals surface area contributed by atoms with Crippen LogP contribution in [-0.4, -0.2) is 32.3 Å². The predicted octanol–water partition coefficient (Wildman–Crippen LogP) is 4.77. The van der Waals surface area contributed by atoms with E-state index >= 15 is 0 Å². The lowest BCUT2D eigenvalue weighted by atomic mass is 9.58. The van der Waals surface area contributed by atoms with Crippen LogP contribution >= 0.6 is 0 Å². The Morgan fingerprint density at radius 3 is 2.74 bits per heavy atom. The number of rotatable bonds is 8. The SMILES string of the molecule is O=S(=O)(CCCOc1ccc2c(c1)C(C1(c3cccc(F)c3)CCC1)NCC2)c1cccnc1. The van der Waals surface area contributed by atoms with E-state index in [1.807, 2.05) is 12.1 Å². The van der Waals surface area contributed by atoms with Crippen LogP contribution in [0, 0.1) is 5.82 Å². The van der Waals surface area contributed by atoms with Crippen molar-refractivity contribution in [2.24, 2.45) is 0 Å². The summed E-state index contributed by atoms with van der Waals surface area (Å²) in [6, 6.07) is 16.5. The van der Waals surface area contributed by atoms with E-state index in [-0.39, 0.29) is 27.9 Å². The molecule has 5 nitrogen and oxygen atoms in total. The summed E-state index contributed by atoms with van der Waals surface area (Å²) < 4.78 is 44.9. The third kappa shape index (κ3) is 4.46. The van der Waals surface area contributed by atoms with E-state index in [0.29, 0.717) is 13.0 Å². The van der Waals surface area contributed by atoms with Gasteiger partial charge in [0.15, 0.2) is 9.84 Å². The van der Waals surface area contributed by atoms with Gasteiger partial charge in [-0.3, -0.25) is 4.98 Å². The first-order valence-corrected chi connectivity index (χ1v) is 13.5. The molecule has 0 radical (unpaired) electrons. The molecule has 1 fully saturated rings. The zero-order chi connectivity index (χ0) is 23.6. The Hall–Kier alpha value is -2.77. The van der Waals surface area contributed by atoms with E-state index in [4.69, 9.17) is 4.74 Å². The number of fused-ring (bicyclic) bond motifs is 1. The van der Waals surface area contributed by atoms with Crippen molar-refractivity contribution in [3.63, 3.8) is 0 Å². The first kappa shape index (κ1) is 23.0. The van der Waals surface area contributed by atoms with Crippen molar-refractivity contribution in [2.75, 3.05) is 18.9 Å². The van der Waals surface area contributed by atoms with Crippen LogP contribution in [0.1, 0.15) is 48.4 Å². The van der Waals surface area contributed by atoms with Crippen molar-refractivity contribution in [1.29, 1.82) is 0 Å².